The third-order valence-electron chi connectivity index (χ3n) is 2.97. The van der Waals surface area contributed by atoms with Gasteiger partial charge in [-0.3, -0.25) is 0 Å². The second-order valence-corrected chi connectivity index (χ2v) is 4.18. The molecule has 1 saturated heterocycles. The Kier molecular flexibility index (Phi) is 3.26. The average molecular weight is 247 g/mol. The lowest BCUT2D eigenvalue weighted by Crippen LogP contribution is -2.35. The Bertz CT molecular complexity index is 380. The predicted octanol–water partition coefficient (Wildman–Crippen LogP) is 3.64. The lowest BCUT2D eigenvalue weighted by Gasteiger charge is -2.32. The molecule has 1 heterocycles. The van der Waals surface area contributed by atoms with Crippen molar-refractivity contribution in [1.82, 2.24) is 0 Å². The lowest BCUT2D eigenvalue weighted by molar-refractivity contribution is -0.137. The van der Waals surface area contributed by atoms with Gasteiger partial charge in [0.2, 0.25) is 0 Å². The number of alkyl halides is 4. The van der Waals surface area contributed by atoms with Gasteiger partial charge >= 0.3 is 6.18 Å². The molecule has 1 nitrogen and oxygen atoms in total. The molecule has 0 N–H and O–H groups in total. The first-order chi connectivity index (χ1) is 7.98. The number of para-hydroxylation sites is 1. The Hall–Kier alpha value is -1.26. The van der Waals surface area contributed by atoms with E-state index in [1.54, 1.807) is 11.0 Å². The second kappa shape index (κ2) is 4.55. The highest BCUT2D eigenvalue weighted by Crippen LogP contribution is 2.37. The van der Waals surface area contributed by atoms with Gasteiger partial charge in [-0.2, -0.15) is 13.2 Å². The van der Waals surface area contributed by atoms with Crippen molar-refractivity contribution in [2.24, 2.45) is 0 Å². The van der Waals surface area contributed by atoms with Crippen LogP contribution in [0.25, 0.3) is 0 Å². The standard InChI is InChI=1S/C12H13F4N/c13-9-5-7-17(8-6-9)11-4-2-1-3-10(11)12(14,15)16/h1-4,9H,5-8H2. The molecule has 0 radical (unpaired) electrons. The van der Waals surface area contributed by atoms with Gasteiger partial charge < -0.3 is 4.90 Å². The number of hydrogen-bond acceptors (Lipinski definition) is 1. The van der Waals surface area contributed by atoms with E-state index in [0.29, 0.717) is 25.9 Å². The Labute approximate surface area is 97.0 Å². The molecule has 1 fully saturated rings. The summed E-state index contributed by atoms with van der Waals surface area (Å²) >= 11 is 0. The minimum atomic E-state index is -4.36. The van der Waals surface area contributed by atoms with E-state index < -0.39 is 17.9 Å². The molecular formula is C12H13F4N. The summed E-state index contributed by atoms with van der Waals surface area (Å²) in [5, 5.41) is 0. The first kappa shape index (κ1) is 12.2. The summed E-state index contributed by atoms with van der Waals surface area (Å²) in [4.78, 5) is 1.61. The van der Waals surface area contributed by atoms with E-state index in [-0.39, 0.29) is 5.69 Å². The first-order valence-electron chi connectivity index (χ1n) is 5.54. The van der Waals surface area contributed by atoms with Crippen molar-refractivity contribution in [3.05, 3.63) is 29.8 Å². The molecule has 0 aromatic heterocycles. The fraction of sp³-hybridized carbons (Fsp3) is 0.500. The van der Waals surface area contributed by atoms with Gasteiger partial charge in [-0.05, 0) is 25.0 Å². The van der Waals surface area contributed by atoms with Gasteiger partial charge in [0.05, 0.1) is 5.56 Å². The molecule has 1 aliphatic heterocycles. The summed E-state index contributed by atoms with van der Waals surface area (Å²) in [5.41, 5.74) is -0.482. The highest BCUT2D eigenvalue weighted by atomic mass is 19.4. The molecule has 0 saturated carbocycles. The van der Waals surface area contributed by atoms with E-state index >= 15 is 0 Å². The fourth-order valence-corrected chi connectivity index (χ4v) is 2.08. The predicted molar refractivity (Wildman–Crippen MR) is 57.8 cm³/mol. The average Bonchev–Trinajstić information content (AvgIpc) is 2.29. The van der Waals surface area contributed by atoms with Crippen molar-refractivity contribution in [1.29, 1.82) is 0 Å². The minimum Gasteiger partial charge on any atom is -0.371 e. The number of piperidine rings is 1. The molecule has 5 heteroatoms. The first-order valence-corrected chi connectivity index (χ1v) is 5.54. The zero-order chi connectivity index (χ0) is 12.5. The summed E-state index contributed by atoms with van der Waals surface area (Å²) in [5.74, 6) is 0. The lowest BCUT2D eigenvalue weighted by atomic mass is 10.1. The van der Waals surface area contributed by atoms with Crippen LogP contribution in [0.4, 0.5) is 23.2 Å². The number of nitrogens with zero attached hydrogens (tertiary/aromatic N) is 1. The largest absolute Gasteiger partial charge is 0.418 e. The van der Waals surface area contributed by atoms with Crippen LogP contribution in [0, 0.1) is 0 Å². The molecule has 1 aromatic rings. The van der Waals surface area contributed by atoms with Gasteiger partial charge in [0.25, 0.3) is 0 Å². The van der Waals surface area contributed by atoms with Crippen LogP contribution < -0.4 is 4.90 Å². The second-order valence-electron chi connectivity index (χ2n) is 4.18. The van der Waals surface area contributed by atoms with E-state index in [4.69, 9.17) is 0 Å². The van der Waals surface area contributed by atoms with Crippen molar-refractivity contribution in [2.75, 3.05) is 18.0 Å². The highest BCUT2D eigenvalue weighted by molar-refractivity contribution is 5.55. The molecule has 0 spiro atoms. The fourth-order valence-electron chi connectivity index (χ4n) is 2.08. The van der Waals surface area contributed by atoms with Crippen LogP contribution in [-0.4, -0.2) is 19.3 Å². The summed E-state index contributed by atoms with van der Waals surface area (Å²) in [6.45, 7) is 0.683. The number of rotatable bonds is 1. The molecule has 0 unspecified atom stereocenters. The maximum atomic E-state index is 13.0. The maximum absolute atomic E-state index is 13.0. The van der Waals surface area contributed by atoms with E-state index in [9.17, 15) is 17.6 Å². The van der Waals surface area contributed by atoms with Crippen LogP contribution in [0.15, 0.2) is 24.3 Å². The van der Waals surface area contributed by atoms with Gasteiger partial charge in [-0.1, -0.05) is 12.1 Å². The van der Waals surface area contributed by atoms with Crippen molar-refractivity contribution >= 4 is 5.69 Å². The smallest absolute Gasteiger partial charge is 0.371 e. The zero-order valence-corrected chi connectivity index (χ0v) is 9.17. The van der Waals surface area contributed by atoms with Crippen molar-refractivity contribution < 1.29 is 17.6 Å². The van der Waals surface area contributed by atoms with Gasteiger partial charge in [0.1, 0.15) is 6.17 Å². The molecule has 0 bridgehead atoms. The Morgan fingerprint density at radius 1 is 1.06 bits per heavy atom. The monoisotopic (exact) mass is 247 g/mol. The molecule has 1 aliphatic rings. The number of anilines is 1. The number of hydrogen-bond donors (Lipinski definition) is 0. The van der Waals surface area contributed by atoms with Gasteiger partial charge in [0.15, 0.2) is 0 Å². The molecule has 17 heavy (non-hydrogen) atoms. The van der Waals surface area contributed by atoms with Crippen LogP contribution in [0.2, 0.25) is 0 Å². The molecule has 1 aromatic carbocycles. The molecule has 0 aliphatic carbocycles. The van der Waals surface area contributed by atoms with Crippen LogP contribution >= 0.6 is 0 Å². The minimum absolute atomic E-state index is 0.159. The van der Waals surface area contributed by atoms with E-state index in [0.717, 1.165) is 6.07 Å². The topological polar surface area (TPSA) is 3.24 Å². The molecule has 0 atom stereocenters. The van der Waals surface area contributed by atoms with Crippen LogP contribution in [0.3, 0.4) is 0 Å². The van der Waals surface area contributed by atoms with Crippen molar-refractivity contribution in [3.63, 3.8) is 0 Å². The molecular weight excluding hydrogens is 234 g/mol. The number of halogens is 4. The van der Waals surface area contributed by atoms with E-state index in [1.807, 2.05) is 0 Å². The molecule has 2 rings (SSSR count). The summed E-state index contributed by atoms with van der Waals surface area (Å²) in [6, 6.07) is 5.46. The third kappa shape index (κ3) is 2.70. The summed E-state index contributed by atoms with van der Waals surface area (Å²) in [7, 11) is 0. The van der Waals surface area contributed by atoms with Crippen LogP contribution in [0.1, 0.15) is 18.4 Å². The third-order valence-corrected chi connectivity index (χ3v) is 2.97. The van der Waals surface area contributed by atoms with E-state index in [2.05, 4.69) is 0 Å². The van der Waals surface area contributed by atoms with Crippen LogP contribution in [-0.2, 0) is 6.18 Å². The molecule has 0 amide bonds. The van der Waals surface area contributed by atoms with Gasteiger partial charge in [0, 0.05) is 18.8 Å². The Balaban J connectivity index is 2.26. The SMILES string of the molecule is FC1CCN(c2ccccc2C(F)(F)F)CC1. The number of benzene rings is 1. The Morgan fingerprint density at radius 3 is 2.24 bits per heavy atom. The quantitative estimate of drug-likeness (QED) is 0.685. The normalized spacial score (nSPS) is 18.5. The highest BCUT2D eigenvalue weighted by Gasteiger charge is 2.35. The molecule has 94 valence electrons. The van der Waals surface area contributed by atoms with Crippen molar-refractivity contribution in [2.45, 2.75) is 25.2 Å². The summed E-state index contributed by atoms with van der Waals surface area (Å²) < 4.78 is 51.3. The van der Waals surface area contributed by atoms with Crippen molar-refractivity contribution in [3.8, 4) is 0 Å². The van der Waals surface area contributed by atoms with Crippen LogP contribution in [0.5, 0.6) is 0 Å². The Morgan fingerprint density at radius 2 is 1.65 bits per heavy atom. The zero-order valence-electron chi connectivity index (χ0n) is 9.17. The van der Waals surface area contributed by atoms with E-state index in [1.165, 1.54) is 12.1 Å². The summed E-state index contributed by atoms with van der Waals surface area (Å²) in [6.07, 6.45) is -4.65. The maximum Gasteiger partial charge on any atom is 0.418 e. The van der Waals surface area contributed by atoms with Gasteiger partial charge in [-0.25, -0.2) is 4.39 Å². The van der Waals surface area contributed by atoms with Gasteiger partial charge in [-0.15, -0.1) is 0 Å².